The van der Waals surface area contributed by atoms with E-state index in [1.54, 1.807) is 19.1 Å². The van der Waals surface area contributed by atoms with E-state index in [0.29, 0.717) is 11.3 Å². The summed E-state index contributed by atoms with van der Waals surface area (Å²) in [6.07, 6.45) is -2.87. The highest BCUT2D eigenvalue weighted by atomic mass is 19.4. The number of carbonyl (C=O) groups is 1. The lowest BCUT2D eigenvalue weighted by atomic mass is 10.1. The van der Waals surface area contributed by atoms with E-state index < -0.39 is 23.8 Å². The van der Waals surface area contributed by atoms with Crippen LogP contribution < -0.4 is 10.6 Å². The zero-order valence-electron chi connectivity index (χ0n) is 11.8. The van der Waals surface area contributed by atoms with Gasteiger partial charge in [0.05, 0.1) is 24.4 Å². The number of benzene rings is 1. The Balaban J connectivity index is 1.88. The van der Waals surface area contributed by atoms with E-state index >= 15 is 0 Å². The minimum absolute atomic E-state index is 0.235. The number of hydrogen-bond donors (Lipinski definition) is 2. The first kappa shape index (κ1) is 15.9. The van der Waals surface area contributed by atoms with E-state index in [2.05, 4.69) is 10.6 Å². The molecule has 2 amide bonds. The van der Waals surface area contributed by atoms with Gasteiger partial charge in [-0.2, -0.15) is 13.2 Å². The van der Waals surface area contributed by atoms with Crippen LogP contribution in [0.1, 0.15) is 29.9 Å². The molecule has 1 unspecified atom stereocenters. The molecule has 0 aliphatic rings. The summed E-state index contributed by atoms with van der Waals surface area (Å²) < 4.78 is 42.5. The molecule has 0 bridgehead atoms. The fraction of sp³-hybridized carbons (Fsp3) is 0.267. The highest BCUT2D eigenvalue weighted by molar-refractivity contribution is 5.74. The van der Waals surface area contributed by atoms with Gasteiger partial charge < -0.3 is 15.1 Å². The lowest BCUT2D eigenvalue weighted by Gasteiger charge is -2.15. The number of hydrogen-bond acceptors (Lipinski definition) is 2. The molecular weight excluding hydrogens is 297 g/mol. The van der Waals surface area contributed by atoms with Gasteiger partial charge in [0.25, 0.3) is 0 Å². The quantitative estimate of drug-likeness (QED) is 0.900. The molecule has 22 heavy (non-hydrogen) atoms. The van der Waals surface area contributed by atoms with Crippen LogP contribution in [-0.2, 0) is 12.7 Å². The first-order chi connectivity index (χ1) is 10.4. The summed E-state index contributed by atoms with van der Waals surface area (Å²) in [4.78, 5) is 11.7. The van der Waals surface area contributed by atoms with Crippen LogP contribution >= 0.6 is 0 Å². The third kappa shape index (κ3) is 4.28. The van der Waals surface area contributed by atoms with Crippen molar-refractivity contribution in [3.8, 4) is 0 Å². The average molecular weight is 312 g/mol. The average Bonchev–Trinajstić information content (AvgIpc) is 2.97. The number of amides is 2. The molecule has 2 N–H and O–H groups in total. The van der Waals surface area contributed by atoms with Gasteiger partial charge in [0.1, 0.15) is 5.76 Å². The second kappa shape index (κ2) is 6.55. The first-order valence-electron chi connectivity index (χ1n) is 6.60. The Hall–Kier alpha value is -2.44. The van der Waals surface area contributed by atoms with E-state index in [4.69, 9.17) is 4.42 Å². The van der Waals surface area contributed by atoms with Crippen molar-refractivity contribution in [3.63, 3.8) is 0 Å². The second-order valence-corrected chi connectivity index (χ2v) is 4.75. The van der Waals surface area contributed by atoms with E-state index in [0.717, 1.165) is 12.1 Å². The SMILES string of the molecule is CC(NC(=O)NCc1ccco1)c1ccc(C(F)(F)F)cc1. The molecule has 1 aromatic heterocycles. The maximum Gasteiger partial charge on any atom is 0.416 e. The number of urea groups is 1. The molecule has 2 rings (SSSR count). The standard InChI is InChI=1S/C15H15F3N2O2/c1-10(11-4-6-12(7-5-11)15(16,17)18)20-14(21)19-9-13-3-2-8-22-13/h2-8,10H,9H2,1H3,(H2,19,20,21). The first-order valence-corrected chi connectivity index (χ1v) is 6.60. The molecule has 2 aromatic rings. The van der Waals surface area contributed by atoms with Gasteiger partial charge in [-0.15, -0.1) is 0 Å². The van der Waals surface area contributed by atoms with Crippen molar-refractivity contribution >= 4 is 6.03 Å². The second-order valence-electron chi connectivity index (χ2n) is 4.75. The van der Waals surface area contributed by atoms with Crippen LogP contribution in [0.25, 0.3) is 0 Å². The molecule has 1 heterocycles. The molecule has 0 fully saturated rings. The van der Waals surface area contributed by atoms with Gasteiger partial charge in [0, 0.05) is 0 Å². The summed E-state index contributed by atoms with van der Waals surface area (Å²) in [6.45, 7) is 1.92. The molecule has 1 aromatic carbocycles. The summed E-state index contributed by atoms with van der Waals surface area (Å²) in [6, 6.07) is 7.27. The highest BCUT2D eigenvalue weighted by Crippen LogP contribution is 2.29. The fourth-order valence-electron chi connectivity index (χ4n) is 1.87. The van der Waals surface area contributed by atoms with Crippen LogP contribution in [0.15, 0.2) is 47.1 Å². The Kier molecular flexibility index (Phi) is 4.75. The fourth-order valence-corrected chi connectivity index (χ4v) is 1.87. The van der Waals surface area contributed by atoms with Crippen molar-refractivity contribution in [3.05, 3.63) is 59.5 Å². The van der Waals surface area contributed by atoms with Crippen molar-refractivity contribution in [1.29, 1.82) is 0 Å². The van der Waals surface area contributed by atoms with E-state index in [1.807, 2.05) is 0 Å². The molecule has 0 aliphatic carbocycles. The van der Waals surface area contributed by atoms with Gasteiger partial charge >= 0.3 is 12.2 Å². The summed E-state index contributed by atoms with van der Waals surface area (Å²) in [5.74, 6) is 0.609. The predicted molar refractivity (Wildman–Crippen MR) is 73.9 cm³/mol. The summed E-state index contributed by atoms with van der Waals surface area (Å²) >= 11 is 0. The summed E-state index contributed by atoms with van der Waals surface area (Å²) in [5, 5.41) is 5.24. The van der Waals surface area contributed by atoms with E-state index in [1.165, 1.54) is 18.4 Å². The van der Waals surface area contributed by atoms with Crippen LogP contribution in [0, 0.1) is 0 Å². The monoisotopic (exact) mass is 312 g/mol. The molecule has 0 saturated heterocycles. The molecular formula is C15H15F3N2O2. The lowest BCUT2D eigenvalue weighted by Crippen LogP contribution is -2.36. The van der Waals surface area contributed by atoms with Crippen molar-refractivity contribution in [1.82, 2.24) is 10.6 Å². The van der Waals surface area contributed by atoms with Crippen LogP contribution in [0.5, 0.6) is 0 Å². The number of alkyl halides is 3. The van der Waals surface area contributed by atoms with Gasteiger partial charge in [-0.05, 0) is 36.8 Å². The van der Waals surface area contributed by atoms with Gasteiger partial charge in [-0.3, -0.25) is 0 Å². The van der Waals surface area contributed by atoms with Gasteiger partial charge in [-0.25, -0.2) is 4.79 Å². The molecule has 0 aliphatic heterocycles. The van der Waals surface area contributed by atoms with Gasteiger partial charge in [-0.1, -0.05) is 12.1 Å². The number of furan rings is 1. The predicted octanol–water partition coefficient (Wildman–Crippen LogP) is 3.86. The Bertz CT molecular complexity index is 607. The maximum absolute atomic E-state index is 12.5. The zero-order valence-corrected chi connectivity index (χ0v) is 11.8. The maximum atomic E-state index is 12.5. The normalized spacial score (nSPS) is 12.7. The third-order valence-electron chi connectivity index (χ3n) is 3.09. The molecule has 118 valence electrons. The lowest BCUT2D eigenvalue weighted by molar-refractivity contribution is -0.137. The van der Waals surface area contributed by atoms with Crippen LogP contribution in [0.4, 0.5) is 18.0 Å². The smallest absolute Gasteiger partial charge is 0.416 e. The Morgan fingerprint density at radius 1 is 1.23 bits per heavy atom. The van der Waals surface area contributed by atoms with Gasteiger partial charge in [0.2, 0.25) is 0 Å². The Morgan fingerprint density at radius 2 is 1.91 bits per heavy atom. The molecule has 0 radical (unpaired) electrons. The van der Waals surface area contributed by atoms with Crippen LogP contribution in [0.2, 0.25) is 0 Å². The van der Waals surface area contributed by atoms with E-state index in [9.17, 15) is 18.0 Å². The third-order valence-corrected chi connectivity index (χ3v) is 3.09. The number of halogens is 3. The molecule has 7 heteroatoms. The van der Waals surface area contributed by atoms with Crippen molar-refractivity contribution in [2.75, 3.05) is 0 Å². The zero-order chi connectivity index (χ0) is 16.2. The van der Waals surface area contributed by atoms with Gasteiger partial charge in [0.15, 0.2) is 0 Å². The van der Waals surface area contributed by atoms with Crippen molar-refractivity contribution in [2.45, 2.75) is 25.7 Å². The largest absolute Gasteiger partial charge is 0.467 e. The van der Waals surface area contributed by atoms with Crippen molar-refractivity contribution < 1.29 is 22.4 Å². The highest BCUT2D eigenvalue weighted by Gasteiger charge is 2.30. The summed E-state index contributed by atoms with van der Waals surface area (Å²) in [5.41, 5.74) is -0.133. The minimum atomic E-state index is -4.37. The Labute approximate surface area is 125 Å². The number of rotatable bonds is 4. The number of nitrogens with one attached hydrogen (secondary N) is 2. The van der Waals surface area contributed by atoms with Crippen LogP contribution in [0.3, 0.4) is 0 Å². The summed E-state index contributed by atoms with van der Waals surface area (Å²) in [7, 11) is 0. The topological polar surface area (TPSA) is 54.3 Å². The molecule has 1 atom stereocenters. The number of carbonyl (C=O) groups excluding carboxylic acids is 1. The van der Waals surface area contributed by atoms with Crippen LogP contribution in [-0.4, -0.2) is 6.03 Å². The molecule has 4 nitrogen and oxygen atoms in total. The molecule has 0 spiro atoms. The minimum Gasteiger partial charge on any atom is -0.467 e. The Morgan fingerprint density at radius 3 is 2.45 bits per heavy atom. The molecule has 0 saturated carbocycles. The van der Waals surface area contributed by atoms with Crippen molar-refractivity contribution in [2.24, 2.45) is 0 Å². The van der Waals surface area contributed by atoms with E-state index in [-0.39, 0.29) is 6.54 Å².